The van der Waals surface area contributed by atoms with Crippen LogP contribution in [-0.2, 0) is 21.2 Å². The molecule has 3 aromatic carbocycles. The van der Waals surface area contributed by atoms with Crippen molar-refractivity contribution in [1.82, 2.24) is 9.72 Å². The largest absolute Gasteiger partial charge is 0.360 e. The van der Waals surface area contributed by atoms with Crippen LogP contribution in [0.1, 0.15) is 11.3 Å². The zero-order chi connectivity index (χ0) is 24.4. The fourth-order valence-electron chi connectivity index (χ4n) is 4.12. The number of aromatic nitrogens is 2. The van der Waals surface area contributed by atoms with E-state index in [1.54, 1.807) is 25.3 Å². The van der Waals surface area contributed by atoms with Crippen LogP contribution in [0.3, 0.4) is 0 Å². The molecule has 0 aliphatic heterocycles. The third-order valence-electron chi connectivity index (χ3n) is 5.69. The first-order chi connectivity index (χ1) is 16.9. The number of hydrogen-bond donors (Lipinski definition) is 1. The van der Waals surface area contributed by atoms with Gasteiger partial charge in [0.25, 0.3) is 0 Å². The molecular weight excluding hydrogens is 462 g/mol. The summed E-state index contributed by atoms with van der Waals surface area (Å²) in [5.74, 6) is -0.673. The highest BCUT2D eigenvalue weighted by atomic mass is 32.2. The highest BCUT2D eigenvalue weighted by molar-refractivity contribution is 7.92. The van der Waals surface area contributed by atoms with Gasteiger partial charge in [0.15, 0.2) is 15.7 Å². The van der Waals surface area contributed by atoms with Crippen molar-refractivity contribution < 1.29 is 17.7 Å². The molecule has 0 spiro atoms. The van der Waals surface area contributed by atoms with Crippen LogP contribution in [0.25, 0.3) is 22.0 Å². The average Bonchev–Trinajstić information content (AvgIpc) is 3.43. The molecule has 2 aromatic heterocycles. The molecular formula is C27H23N3O4S. The standard InChI is InChI=1S/C27H23N3O4S/c1-19-14-26(29-34-19)28-27(31)18-35(32,33)25-17-30(24-13-6-5-12-23(24)25)16-20-8-7-11-22(15-20)21-9-3-2-4-10-21/h2-15,17H,16,18H2,1H3,(H,28,29,31). The number of amides is 1. The number of anilines is 1. The van der Waals surface area contributed by atoms with Crippen LogP contribution in [0.5, 0.6) is 0 Å². The fraction of sp³-hybridized carbons (Fsp3) is 0.111. The van der Waals surface area contributed by atoms with E-state index in [2.05, 4.69) is 34.7 Å². The molecule has 7 nitrogen and oxygen atoms in total. The Kier molecular flexibility index (Phi) is 5.96. The second-order valence-corrected chi connectivity index (χ2v) is 10.3. The summed E-state index contributed by atoms with van der Waals surface area (Å²) in [6.07, 6.45) is 1.61. The SMILES string of the molecule is Cc1cc(NC(=O)CS(=O)(=O)c2cn(Cc3cccc(-c4ccccc4)c3)c3ccccc23)no1. The molecule has 0 unspecified atom stereocenters. The molecule has 0 saturated heterocycles. The summed E-state index contributed by atoms with van der Waals surface area (Å²) in [6, 6.07) is 27.1. The van der Waals surface area contributed by atoms with Gasteiger partial charge in [0, 0.05) is 29.7 Å². The number of sulfone groups is 1. The van der Waals surface area contributed by atoms with Crippen LogP contribution < -0.4 is 5.32 Å². The summed E-state index contributed by atoms with van der Waals surface area (Å²) in [5, 5.41) is 6.74. The van der Waals surface area contributed by atoms with Crippen molar-refractivity contribution in [2.24, 2.45) is 0 Å². The molecule has 1 N–H and O–H groups in total. The second-order valence-electron chi connectivity index (χ2n) is 8.33. The van der Waals surface area contributed by atoms with Crippen molar-refractivity contribution in [3.8, 4) is 11.1 Å². The van der Waals surface area contributed by atoms with Gasteiger partial charge in [0.2, 0.25) is 5.91 Å². The maximum Gasteiger partial charge on any atom is 0.241 e. The zero-order valence-corrected chi connectivity index (χ0v) is 19.8. The van der Waals surface area contributed by atoms with Gasteiger partial charge in [-0.1, -0.05) is 71.9 Å². The van der Waals surface area contributed by atoms with Crippen molar-refractivity contribution in [3.63, 3.8) is 0 Å². The molecule has 0 saturated carbocycles. The Hall–Kier alpha value is -4.17. The summed E-state index contributed by atoms with van der Waals surface area (Å²) < 4.78 is 33.3. The van der Waals surface area contributed by atoms with Crippen LogP contribution in [0.2, 0.25) is 0 Å². The van der Waals surface area contributed by atoms with Gasteiger partial charge < -0.3 is 14.4 Å². The molecule has 0 aliphatic rings. The summed E-state index contributed by atoms with van der Waals surface area (Å²) in [4.78, 5) is 12.6. The van der Waals surface area contributed by atoms with Crippen molar-refractivity contribution >= 4 is 32.5 Å². The van der Waals surface area contributed by atoms with Crippen molar-refractivity contribution in [3.05, 3.63) is 102 Å². The molecule has 35 heavy (non-hydrogen) atoms. The molecule has 0 aliphatic carbocycles. The van der Waals surface area contributed by atoms with Gasteiger partial charge in [-0.15, -0.1) is 0 Å². The number of aryl methyl sites for hydroxylation is 1. The van der Waals surface area contributed by atoms with Crippen molar-refractivity contribution in [2.75, 3.05) is 11.1 Å². The van der Waals surface area contributed by atoms with Gasteiger partial charge in [-0.3, -0.25) is 4.79 Å². The summed E-state index contributed by atoms with van der Waals surface area (Å²) in [5.41, 5.74) is 4.02. The first-order valence-corrected chi connectivity index (χ1v) is 12.7. The number of nitrogens with zero attached hydrogens (tertiary/aromatic N) is 2. The quantitative estimate of drug-likeness (QED) is 0.348. The predicted molar refractivity (Wildman–Crippen MR) is 135 cm³/mol. The predicted octanol–water partition coefficient (Wildman–Crippen LogP) is 5.07. The Morgan fingerprint density at radius 1 is 0.943 bits per heavy atom. The maximum absolute atomic E-state index is 13.2. The topological polar surface area (TPSA) is 94.2 Å². The molecule has 0 atom stereocenters. The zero-order valence-electron chi connectivity index (χ0n) is 19.0. The molecule has 5 aromatic rings. The van der Waals surface area contributed by atoms with Gasteiger partial charge in [-0.05, 0) is 35.7 Å². The van der Waals surface area contributed by atoms with E-state index in [1.165, 1.54) is 6.07 Å². The number of fused-ring (bicyclic) bond motifs is 1. The lowest BCUT2D eigenvalue weighted by Crippen LogP contribution is -2.23. The number of rotatable bonds is 7. The van der Waals surface area contributed by atoms with E-state index in [1.807, 2.05) is 47.0 Å². The minimum absolute atomic E-state index is 0.124. The Balaban J connectivity index is 1.44. The minimum Gasteiger partial charge on any atom is -0.360 e. The average molecular weight is 486 g/mol. The van der Waals surface area contributed by atoms with Gasteiger partial charge in [-0.2, -0.15) is 0 Å². The van der Waals surface area contributed by atoms with E-state index in [4.69, 9.17) is 4.52 Å². The first-order valence-electron chi connectivity index (χ1n) is 11.1. The maximum atomic E-state index is 13.2. The van der Waals surface area contributed by atoms with E-state index in [9.17, 15) is 13.2 Å². The lowest BCUT2D eigenvalue weighted by Gasteiger charge is -2.08. The molecule has 0 radical (unpaired) electrons. The van der Waals surface area contributed by atoms with Gasteiger partial charge in [0.1, 0.15) is 11.5 Å². The van der Waals surface area contributed by atoms with Crippen LogP contribution in [-0.4, -0.2) is 29.8 Å². The lowest BCUT2D eigenvalue weighted by atomic mass is 10.0. The highest BCUT2D eigenvalue weighted by Crippen LogP contribution is 2.28. The Bertz CT molecular complexity index is 1620. The van der Waals surface area contributed by atoms with E-state index >= 15 is 0 Å². The molecule has 0 fully saturated rings. The molecule has 1 amide bonds. The normalized spacial score (nSPS) is 11.6. The van der Waals surface area contributed by atoms with E-state index in [0.29, 0.717) is 17.7 Å². The van der Waals surface area contributed by atoms with E-state index in [0.717, 1.165) is 22.2 Å². The number of carbonyl (C=O) groups excluding carboxylic acids is 1. The second kappa shape index (κ2) is 9.23. The molecule has 2 heterocycles. The Morgan fingerprint density at radius 2 is 1.69 bits per heavy atom. The molecule has 0 bridgehead atoms. The van der Waals surface area contributed by atoms with Gasteiger partial charge in [-0.25, -0.2) is 8.42 Å². The third-order valence-corrected chi connectivity index (χ3v) is 7.33. The summed E-state index contributed by atoms with van der Waals surface area (Å²) in [6.45, 7) is 2.17. The number of para-hydroxylation sites is 1. The monoisotopic (exact) mass is 485 g/mol. The number of nitrogens with one attached hydrogen (secondary N) is 1. The first kappa shape index (κ1) is 22.6. The Labute approximate surface area is 202 Å². The molecule has 8 heteroatoms. The molecule has 176 valence electrons. The van der Waals surface area contributed by atoms with E-state index in [-0.39, 0.29) is 10.7 Å². The van der Waals surface area contributed by atoms with Crippen LogP contribution >= 0.6 is 0 Å². The smallest absolute Gasteiger partial charge is 0.241 e. The van der Waals surface area contributed by atoms with Crippen LogP contribution in [0, 0.1) is 6.92 Å². The minimum atomic E-state index is -3.91. The van der Waals surface area contributed by atoms with Crippen LogP contribution in [0.4, 0.5) is 5.82 Å². The summed E-state index contributed by atoms with van der Waals surface area (Å²) in [7, 11) is -3.91. The van der Waals surface area contributed by atoms with Gasteiger partial charge in [0.05, 0.1) is 4.90 Å². The molecule has 5 rings (SSSR count). The van der Waals surface area contributed by atoms with Crippen LogP contribution in [0.15, 0.2) is 101 Å². The number of benzene rings is 3. The van der Waals surface area contributed by atoms with Gasteiger partial charge >= 0.3 is 0 Å². The Morgan fingerprint density at radius 3 is 2.46 bits per heavy atom. The van der Waals surface area contributed by atoms with E-state index < -0.39 is 21.5 Å². The highest BCUT2D eigenvalue weighted by Gasteiger charge is 2.25. The number of carbonyl (C=O) groups is 1. The number of hydrogen-bond acceptors (Lipinski definition) is 5. The van der Waals surface area contributed by atoms with Crippen molar-refractivity contribution in [1.29, 1.82) is 0 Å². The van der Waals surface area contributed by atoms with Crippen molar-refractivity contribution in [2.45, 2.75) is 18.4 Å². The third kappa shape index (κ3) is 4.88. The summed E-state index contributed by atoms with van der Waals surface area (Å²) >= 11 is 0. The lowest BCUT2D eigenvalue weighted by molar-refractivity contribution is -0.113. The fourth-order valence-corrected chi connectivity index (χ4v) is 5.49.